The number of hydrogen-bond donors (Lipinski definition) is 2. The summed E-state index contributed by atoms with van der Waals surface area (Å²) in [7, 11) is 0. The van der Waals surface area contributed by atoms with Gasteiger partial charge < -0.3 is 9.55 Å². The lowest BCUT2D eigenvalue weighted by atomic mass is 10.1. The summed E-state index contributed by atoms with van der Waals surface area (Å²) in [5.41, 5.74) is 0.821. The van der Waals surface area contributed by atoms with Crippen molar-refractivity contribution in [2.24, 2.45) is 0 Å². The van der Waals surface area contributed by atoms with Crippen LogP contribution >= 0.6 is 34.5 Å². The summed E-state index contributed by atoms with van der Waals surface area (Å²) >= 11 is 13.6. The Morgan fingerprint density at radius 2 is 2.03 bits per heavy atom. The average molecular weight is 475 g/mol. The fourth-order valence-corrected chi connectivity index (χ4v) is 4.44. The van der Waals surface area contributed by atoms with Gasteiger partial charge in [-0.3, -0.25) is 19.7 Å². The first-order valence-corrected chi connectivity index (χ1v) is 10.9. The second-order valence-electron chi connectivity index (χ2n) is 6.71. The molecule has 0 aliphatic carbocycles. The lowest BCUT2D eigenvalue weighted by Crippen LogP contribution is -2.36. The van der Waals surface area contributed by atoms with Crippen molar-refractivity contribution < 1.29 is 4.79 Å². The third-order valence-electron chi connectivity index (χ3n) is 4.72. The second kappa shape index (κ2) is 8.66. The number of fused-ring (bicyclic) bond motifs is 1. The van der Waals surface area contributed by atoms with Crippen LogP contribution < -0.4 is 16.4 Å². The number of aromatic nitrogens is 3. The molecule has 0 radical (unpaired) electrons. The summed E-state index contributed by atoms with van der Waals surface area (Å²) in [6.07, 6.45) is 2.22. The zero-order chi connectivity index (χ0) is 22.1. The molecular weight excluding hydrogens is 459 g/mol. The second-order valence-corrected chi connectivity index (χ2v) is 8.61. The van der Waals surface area contributed by atoms with Gasteiger partial charge in [-0.2, -0.15) is 0 Å². The van der Waals surface area contributed by atoms with Gasteiger partial charge in [0, 0.05) is 29.6 Å². The summed E-state index contributed by atoms with van der Waals surface area (Å²) in [5, 5.41) is 4.18. The number of carbonyl (C=O) groups is 1. The average Bonchev–Trinajstić information content (AvgIpc) is 3.19. The molecule has 0 aliphatic heterocycles. The van der Waals surface area contributed by atoms with Crippen LogP contribution in [0, 0.1) is 0 Å². The number of nitrogens with zero attached hydrogens (tertiary/aromatic N) is 2. The monoisotopic (exact) mass is 474 g/mol. The van der Waals surface area contributed by atoms with Crippen LogP contribution in [0.4, 0.5) is 5.13 Å². The van der Waals surface area contributed by atoms with Crippen molar-refractivity contribution in [1.82, 2.24) is 14.5 Å². The van der Waals surface area contributed by atoms with Crippen LogP contribution in [0.5, 0.6) is 0 Å². The number of aryl methyl sites for hydroxylation is 1. The Kier molecular flexibility index (Phi) is 5.95. The third-order valence-corrected chi connectivity index (χ3v) is 6.49. The number of carbonyl (C=O) groups excluding carboxylic acids is 1. The molecule has 4 aromatic rings. The van der Waals surface area contributed by atoms with Crippen LogP contribution in [-0.2, 0) is 13.0 Å². The van der Waals surface area contributed by atoms with E-state index in [-0.39, 0.29) is 5.91 Å². The molecule has 0 atom stereocenters. The van der Waals surface area contributed by atoms with Crippen molar-refractivity contribution in [2.75, 3.05) is 5.32 Å². The predicted molar refractivity (Wildman–Crippen MR) is 124 cm³/mol. The van der Waals surface area contributed by atoms with Crippen molar-refractivity contribution in [1.29, 1.82) is 0 Å². The van der Waals surface area contributed by atoms with Gasteiger partial charge in [0.15, 0.2) is 5.13 Å². The van der Waals surface area contributed by atoms with E-state index in [4.69, 9.17) is 23.2 Å². The van der Waals surface area contributed by atoms with Crippen molar-refractivity contribution >= 4 is 56.6 Å². The molecule has 0 bridgehead atoms. The highest BCUT2D eigenvalue weighted by Crippen LogP contribution is 2.29. The van der Waals surface area contributed by atoms with E-state index in [2.05, 4.69) is 15.3 Å². The van der Waals surface area contributed by atoms with E-state index in [0.717, 1.165) is 10.4 Å². The maximum atomic E-state index is 12.7. The number of amides is 1. The van der Waals surface area contributed by atoms with Gasteiger partial charge in [-0.15, -0.1) is 11.3 Å². The summed E-state index contributed by atoms with van der Waals surface area (Å²) < 4.78 is 1.37. The van der Waals surface area contributed by atoms with E-state index in [1.165, 1.54) is 22.0 Å². The quantitative estimate of drug-likeness (QED) is 0.421. The Balaban J connectivity index is 1.55. The lowest BCUT2D eigenvalue weighted by Gasteiger charge is -2.08. The van der Waals surface area contributed by atoms with Gasteiger partial charge in [0.05, 0.1) is 21.1 Å². The van der Waals surface area contributed by atoms with Crippen LogP contribution in [0.3, 0.4) is 0 Å². The van der Waals surface area contributed by atoms with E-state index >= 15 is 0 Å². The van der Waals surface area contributed by atoms with Gasteiger partial charge in [-0.1, -0.05) is 35.3 Å². The van der Waals surface area contributed by atoms with Crippen LogP contribution in [0.15, 0.2) is 52.2 Å². The minimum Gasteiger partial charge on any atom is -0.316 e. The number of thiazole rings is 1. The normalized spacial score (nSPS) is 11.1. The highest BCUT2D eigenvalue weighted by Gasteiger charge is 2.13. The van der Waals surface area contributed by atoms with Crippen molar-refractivity contribution in [3.63, 3.8) is 0 Å². The number of hydrogen-bond acceptors (Lipinski definition) is 5. The van der Waals surface area contributed by atoms with E-state index in [1.54, 1.807) is 31.3 Å². The molecule has 0 aliphatic rings. The number of benzene rings is 2. The summed E-state index contributed by atoms with van der Waals surface area (Å²) in [5.74, 6) is -0.376. The Labute approximate surface area is 190 Å². The maximum absolute atomic E-state index is 12.7. The first-order valence-electron chi connectivity index (χ1n) is 9.33. The Hall–Kier alpha value is -2.94. The molecule has 1 amide bonds. The number of rotatable bonds is 5. The van der Waals surface area contributed by atoms with Crippen LogP contribution in [0.1, 0.15) is 27.7 Å². The van der Waals surface area contributed by atoms with Crippen molar-refractivity contribution in [3.05, 3.63) is 89.4 Å². The molecule has 10 heteroatoms. The zero-order valence-electron chi connectivity index (χ0n) is 16.2. The highest BCUT2D eigenvalue weighted by atomic mass is 35.5. The molecule has 2 aromatic heterocycles. The first kappa shape index (κ1) is 21.3. The van der Waals surface area contributed by atoms with Crippen molar-refractivity contribution in [3.8, 4) is 0 Å². The van der Waals surface area contributed by atoms with E-state index < -0.39 is 11.1 Å². The molecule has 0 spiro atoms. The molecule has 0 unspecified atom stereocenters. The summed E-state index contributed by atoms with van der Waals surface area (Å²) in [6, 6.07) is 10.2. The number of anilines is 1. The molecule has 0 fully saturated rings. The molecule has 0 saturated heterocycles. The Morgan fingerprint density at radius 3 is 2.81 bits per heavy atom. The number of aromatic amines is 1. The zero-order valence-corrected chi connectivity index (χ0v) is 18.6. The summed E-state index contributed by atoms with van der Waals surface area (Å²) in [6.45, 7) is 2.13. The van der Waals surface area contributed by atoms with Gasteiger partial charge in [0.2, 0.25) is 0 Å². The van der Waals surface area contributed by atoms with Crippen LogP contribution in [0.2, 0.25) is 10.0 Å². The molecule has 2 N–H and O–H groups in total. The Morgan fingerprint density at radius 1 is 1.23 bits per heavy atom. The molecule has 2 heterocycles. The van der Waals surface area contributed by atoms with Gasteiger partial charge >= 0.3 is 11.1 Å². The standard InChI is InChI=1S/C21H16Cl2N4O3S/c1-2-27-16-7-6-12(9-15(16)25-19(29)20(27)30)18(28)26-21-24-10-13(31-21)8-11-4-3-5-14(22)17(11)23/h3-7,9-10H,2,8H2,1H3,(H,25,29)(H,24,26,28). The topological polar surface area (TPSA) is 96.9 Å². The van der Waals surface area contributed by atoms with Crippen LogP contribution in [0.25, 0.3) is 11.0 Å². The van der Waals surface area contributed by atoms with Gasteiger partial charge in [-0.05, 0) is 36.8 Å². The number of H-pyrrole nitrogens is 1. The smallest absolute Gasteiger partial charge is 0.316 e. The SMILES string of the molecule is CCn1c(=O)c(=O)[nH]c2cc(C(=O)Nc3ncc(Cc4cccc(Cl)c4Cl)s3)ccc21. The van der Waals surface area contributed by atoms with E-state index in [1.807, 2.05) is 12.1 Å². The molecule has 4 rings (SSSR count). The molecular formula is C21H16Cl2N4O3S. The number of nitrogens with one attached hydrogen (secondary N) is 2. The fraction of sp³-hybridized carbons (Fsp3) is 0.143. The van der Waals surface area contributed by atoms with Crippen LogP contribution in [-0.4, -0.2) is 20.4 Å². The fourth-order valence-electron chi connectivity index (χ4n) is 3.22. The van der Waals surface area contributed by atoms with E-state index in [0.29, 0.717) is 44.7 Å². The van der Waals surface area contributed by atoms with Gasteiger partial charge in [0.1, 0.15) is 0 Å². The lowest BCUT2D eigenvalue weighted by molar-refractivity contribution is 0.102. The Bertz CT molecular complexity index is 1420. The largest absolute Gasteiger partial charge is 0.316 e. The van der Waals surface area contributed by atoms with Gasteiger partial charge in [-0.25, -0.2) is 4.98 Å². The summed E-state index contributed by atoms with van der Waals surface area (Å²) in [4.78, 5) is 44.2. The maximum Gasteiger partial charge on any atom is 0.316 e. The minimum atomic E-state index is -0.726. The van der Waals surface area contributed by atoms with Crippen molar-refractivity contribution in [2.45, 2.75) is 19.9 Å². The molecule has 7 nitrogen and oxygen atoms in total. The molecule has 0 saturated carbocycles. The third kappa shape index (κ3) is 4.27. The first-order chi connectivity index (χ1) is 14.9. The minimum absolute atomic E-state index is 0.332. The molecule has 158 valence electrons. The number of halogens is 2. The molecule has 2 aromatic carbocycles. The van der Waals surface area contributed by atoms with E-state index in [9.17, 15) is 14.4 Å². The highest BCUT2D eigenvalue weighted by molar-refractivity contribution is 7.15. The molecule has 31 heavy (non-hydrogen) atoms. The predicted octanol–water partition coefficient (Wildman–Crippen LogP) is 4.32. The van der Waals surface area contributed by atoms with Gasteiger partial charge in [0.25, 0.3) is 5.91 Å².